The number of ketones is 2. The molecule has 2 aliphatic rings. The summed E-state index contributed by atoms with van der Waals surface area (Å²) in [6, 6.07) is 11.5. The van der Waals surface area contributed by atoms with Gasteiger partial charge in [0.15, 0.2) is 5.78 Å². The van der Waals surface area contributed by atoms with Gasteiger partial charge in [-0.3, -0.25) is 14.6 Å². The van der Waals surface area contributed by atoms with Gasteiger partial charge in [-0.1, -0.05) is 18.2 Å². The molecule has 0 spiro atoms. The molecule has 0 atom stereocenters. The second kappa shape index (κ2) is 12.0. The van der Waals surface area contributed by atoms with Crippen molar-refractivity contribution in [2.45, 2.75) is 51.3 Å². The van der Waals surface area contributed by atoms with Gasteiger partial charge in [0.2, 0.25) is 5.95 Å². The van der Waals surface area contributed by atoms with Gasteiger partial charge in [-0.2, -0.15) is 0 Å². The van der Waals surface area contributed by atoms with Crippen LogP contribution in [0.1, 0.15) is 49.8 Å². The van der Waals surface area contributed by atoms with Crippen molar-refractivity contribution in [3.05, 3.63) is 71.7 Å². The van der Waals surface area contributed by atoms with Gasteiger partial charge in [0.1, 0.15) is 11.5 Å². The standard InChI is InChI=1S/C30H29F3N4O3/c31-30(32,33)40-26-8-2-6-22(18-26)28-21(7-3-12-34-28)5-1-4-20-10-14-37(15-11-20)29-35-13-9-24(36-29)16-23-17-25(38)19-27(23)39/h2-3,6-9,12-13,16,18,20H,1,4-5,10-11,14-15,17,19H2/b23-16+. The molecule has 0 amide bonds. The first kappa shape index (κ1) is 27.5. The first-order valence-corrected chi connectivity index (χ1v) is 13.4. The monoisotopic (exact) mass is 550 g/mol. The number of alkyl halides is 3. The van der Waals surface area contributed by atoms with Crippen molar-refractivity contribution in [3.8, 4) is 17.0 Å². The van der Waals surface area contributed by atoms with E-state index in [0.29, 0.717) is 34.4 Å². The van der Waals surface area contributed by atoms with Crippen LogP contribution in [-0.4, -0.2) is 46.0 Å². The van der Waals surface area contributed by atoms with Gasteiger partial charge >= 0.3 is 6.36 Å². The summed E-state index contributed by atoms with van der Waals surface area (Å²) < 4.78 is 42.1. The van der Waals surface area contributed by atoms with Gasteiger partial charge in [-0.25, -0.2) is 9.97 Å². The molecule has 3 heterocycles. The molecule has 2 aromatic heterocycles. The van der Waals surface area contributed by atoms with E-state index < -0.39 is 6.36 Å². The molecule has 7 nitrogen and oxygen atoms in total. The predicted octanol–water partition coefficient (Wildman–Crippen LogP) is 5.99. The summed E-state index contributed by atoms with van der Waals surface area (Å²) >= 11 is 0. The van der Waals surface area contributed by atoms with E-state index in [1.165, 1.54) is 18.2 Å². The number of Topliss-reactive ketones (excluding diaryl/α,β-unsaturated/α-hetero) is 2. The third-order valence-electron chi connectivity index (χ3n) is 7.28. The molecule has 5 rings (SSSR count). The average Bonchev–Trinajstić information content (AvgIpc) is 3.24. The normalized spacial score (nSPS) is 17.6. The second-order valence-electron chi connectivity index (χ2n) is 10.2. The average molecular weight is 551 g/mol. The van der Waals surface area contributed by atoms with E-state index in [1.807, 2.05) is 12.1 Å². The van der Waals surface area contributed by atoms with Gasteiger partial charge in [0, 0.05) is 43.0 Å². The lowest BCUT2D eigenvalue weighted by molar-refractivity contribution is -0.274. The molecule has 2 fully saturated rings. The molecule has 1 saturated heterocycles. The van der Waals surface area contributed by atoms with E-state index in [4.69, 9.17) is 0 Å². The maximum Gasteiger partial charge on any atom is 0.573 e. The van der Waals surface area contributed by atoms with Crippen LogP contribution in [-0.2, 0) is 16.0 Å². The number of pyridine rings is 1. The van der Waals surface area contributed by atoms with Crippen molar-refractivity contribution in [3.63, 3.8) is 0 Å². The number of halogens is 3. The zero-order valence-corrected chi connectivity index (χ0v) is 21.9. The molecule has 1 aromatic carbocycles. The number of hydrogen-bond acceptors (Lipinski definition) is 7. The number of anilines is 1. The fourth-order valence-electron chi connectivity index (χ4n) is 5.31. The number of rotatable bonds is 8. The number of ether oxygens (including phenoxy) is 1. The van der Waals surface area contributed by atoms with Crippen molar-refractivity contribution >= 4 is 23.6 Å². The number of aryl methyl sites for hydroxylation is 1. The highest BCUT2D eigenvalue weighted by atomic mass is 19.4. The van der Waals surface area contributed by atoms with Crippen molar-refractivity contribution in [1.29, 1.82) is 0 Å². The van der Waals surface area contributed by atoms with Crippen molar-refractivity contribution in [2.24, 2.45) is 5.92 Å². The minimum atomic E-state index is -4.74. The molecule has 0 unspecified atom stereocenters. The zero-order chi connectivity index (χ0) is 28.1. The largest absolute Gasteiger partial charge is 0.573 e. The smallest absolute Gasteiger partial charge is 0.406 e. The summed E-state index contributed by atoms with van der Waals surface area (Å²) in [6.45, 7) is 1.65. The van der Waals surface area contributed by atoms with Crippen molar-refractivity contribution in [2.75, 3.05) is 18.0 Å². The van der Waals surface area contributed by atoms with E-state index in [0.717, 1.165) is 50.8 Å². The van der Waals surface area contributed by atoms with Gasteiger partial charge in [0.25, 0.3) is 0 Å². The van der Waals surface area contributed by atoms with E-state index in [1.54, 1.807) is 30.6 Å². The minimum absolute atomic E-state index is 0.0243. The van der Waals surface area contributed by atoms with E-state index in [-0.39, 0.29) is 30.2 Å². The summed E-state index contributed by atoms with van der Waals surface area (Å²) in [6.07, 6.45) is 5.15. The molecule has 3 aromatic rings. The lowest BCUT2D eigenvalue weighted by atomic mass is 9.90. The molecule has 10 heteroatoms. The number of carbonyl (C=O) groups excluding carboxylic acids is 2. The summed E-state index contributed by atoms with van der Waals surface area (Å²) in [4.78, 5) is 39.1. The van der Waals surface area contributed by atoms with Crippen LogP contribution in [0.5, 0.6) is 5.75 Å². The highest BCUT2D eigenvalue weighted by molar-refractivity contribution is 6.18. The minimum Gasteiger partial charge on any atom is -0.406 e. The Morgan fingerprint density at radius 2 is 1.82 bits per heavy atom. The topological polar surface area (TPSA) is 85.3 Å². The lowest BCUT2D eigenvalue weighted by Gasteiger charge is -2.32. The number of nitrogens with zero attached hydrogens (tertiary/aromatic N) is 4. The van der Waals surface area contributed by atoms with Gasteiger partial charge in [-0.15, -0.1) is 13.2 Å². The molecule has 0 radical (unpaired) electrons. The third kappa shape index (κ3) is 7.11. The van der Waals surface area contributed by atoms with Crippen LogP contribution in [0.2, 0.25) is 0 Å². The number of aromatic nitrogens is 3. The maximum atomic E-state index is 12.7. The van der Waals surface area contributed by atoms with Crippen LogP contribution >= 0.6 is 0 Å². The Hall–Kier alpha value is -4.08. The Bertz CT molecular complexity index is 1420. The molecular formula is C30H29F3N4O3. The van der Waals surface area contributed by atoms with Gasteiger partial charge in [-0.05, 0) is 73.9 Å². The highest BCUT2D eigenvalue weighted by Gasteiger charge is 2.31. The molecular weight excluding hydrogens is 521 g/mol. The fourth-order valence-corrected chi connectivity index (χ4v) is 5.31. The first-order valence-electron chi connectivity index (χ1n) is 13.4. The van der Waals surface area contributed by atoms with E-state index in [9.17, 15) is 22.8 Å². The van der Waals surface area contributed by atoms with Crippen LogP contribution in [0, 0.1) is 5.92 Å². The van der Waals surface area contributed by atoms with Crippen molar-refractivity contribution < 1.29 is 27.5 Å². The first-order chi connectivity index (χ1) is 19.2. The Morgan fingerprint density at radius 1 is 1.00 bits per heavy atom. The van der Waals surface area contributed by atoms with Gasteiger partial charge < -0.3 is 9.64 Å². The number of carbonyl (C=O) groups is 2. The maximum absolute atomic E-state index is 12.7. The van der Waals surface area contributed by atoms with E-state index >= 15 is 0 Å². The van der Waals surface area contributed by atoms with Crippen LogP contribution in [0.25, 0.3) is 17.3 Å². The molecule has 0 N–H and O–H groups in total. The number of hydrogen-bond donors (Lipinski definition) is 0. The second-order valence-corrected chi connectivity index (χ2v) is 10.2. The number of allylic oxidation sites excluding steroid dienone is 1. The summed E-state index contributed by atoms with van der Waals surface area (Å²) in [7, 11) is 0. The van der Waals surface area contributed by atoms with Crippen molar-refractivity contribution in [1.82, 2.24) is 15.0 Å². The Morgan fingerprint density at radius 3 is 2.58 bits per heavy atom. The zero-order valence-electron chi connectivity index (χ0n) is 21.9. The molecule has 40 heavy (non-hydrogen) atoms. The van der Waals surface area contributed by atoms with Gasteiger partial charge in [0.05, 0.1) is 17.8 Å². The Kier molecular flexibility index (Phi) is 8.23. The SMILES string of the molecule is O=C1CC(=O)/C(=C/c2ccnc(N3CCC(CCCc4cccnc4-c4cccc(OC(F)(F)F)c4)CC3)n2)C1. The van der Waals surface area contributed by atoms with Crippen LogP contribution < -0.4 is 9.64 Å². The van der Waals surface area contributed by atoms with Crippen LogP contribution in [0.15, 0.2) is 60.4 Å². The molecule has 1 saturated carbocycles. The van der Waals surface area contributed by atoms with Crippen LogP contribution in [0.4, 0.5) is 19.1 Å². The molecule has 208 valence electrons. The summed E-state index contributed by atoms with van der Waals surface area (Å²) in [5.41, 5.74) is 3.39. The summed E-state index contributed by atoms with van der Waals surface area (Å²) in [5.74, 6) is 0.723. The quantitative estimate of drug-likeness (QED) is 0.252. The third-order valence-corrected chi connectivity index (χ3v) is 7.28. The number of benzene rings is 1. The molecule has 1 aliphatic heterocycles. The predicted molar refractivity (Wildman–Crippen MR) is 143 cm³/mol. The fraction of sp³-hybridized carbons (Fsp3) is 0.367. The lowest BCUT2D eigenvalue weighted by Crippen LogP contribution is -2.35. The number of piperidine rings is 1. The Balaban J connectivity index is 1.14. The summed E-state index contributed by atoms with van der Waals surface area (Å²) in [5, 5.41) is 0. The van der Waals surface area contributed by atoms with Crippen LogP contribution in [0.3, 0.4) is 0 Å². The highest BCUT2D eigenvalue weighted by Crippen LogP contribution is 2.31. The Labute approximate surface area is 230 Å². The molecule has 0 bridgehead atoms. The molecule has 1 aliphatic carbocycles. The van der Waals surface area contributed by atoms with E-state index in [2.05, 4.69) is 24.6 Å².